The molecule has 0 fully saturated rings. The Morgan fingerprint density at radius 3 is 2.47 bits per heavy atom. The molecule has 3 rings (SSSR count). The second-order valence-corrected chi connectivity index (χ2v) is 8.58. The number of carbonyl (C=O) groups is 2. The van der Waals surface area contributed by atoms with Crippen molar-refractivity contribution in [3.8, 4) is 0 Å². The monoisotopic (exact) mass is 458 g/mol. The normalized spacial score (nSPS) is 10.5. The molecule has 3 aromatic carbocycles. The minimum atomic E-state index is -0.327. The van der Waals surface area contributed by atoms with Gasteiger partial charge in [0.15, 0.2) is 0 Å². The van der Waals surface area contributed by atoms with Gasteiger partial charge in [0.2, 0.25) is 5.91 Å². The number of carbonyl (C=O) groups excluding carboxylic acids is 2. The number of nitrogens with one attached hydrogen (secondary N) is 2. The first-order chi connectivity index (χ1) is 14.3. The number of anilines is 2. The van der Waals surface area contributed by atoms with Crippen LogP contribution in [0, 0.1) is 13.8 Å². The molecule has 0 aliphatic heterocycles. The Morgan fingerprint density at radius 1 is 0.933 bits per heavy atom. The lowest BCUT2D eigenvalue weighted by Gasteiger charge is -2.11. The van der Waals surface area contributed by atoms with Crippen LogP contribution in [0.2, 0.25) is 10.0 Å². The number of aryl methyl sites for hydroxylation is 1. The summed E-state index contributed by atoms with van der Waals surface area (Å²) >= 11 is 13.4. The molecule has 0 radical (unpaired) electrons. The first kappa shape index (κ1) is 22.2. The van der Waals surface area contributed by atoms with E-state index in [1.165, 1.54) is 17.8 Å². The minimum absolute atomic E-state index is 0.0870. The van der Waals surface area contributed by atoms with Crippen LogP contribution in [0.3, 0.4) is 0 Å². The van der Waals surface area contributed by atoms with Crippen LogP contribution < -0.4 is 10.6 Å². The number of hydrogen-bond donors (Lipinski definition) is 2. The van der Waals surface area contributed by atoms with Gasteiger partial charge in [0.05, 0.1) is 16.3 Å². The van der Waals surface area contributed by atoms with E-state index in [2.05, 4.69) is 10.6 Å². The number of halogens is 2. The molecule has 2 amide bonds. The second-order valence-electron chi connectivity index (χ2n) is 6.69. The van der Waals surface area contributed by atoms with E-state index in [0.29, 0.717) is 16.3 Å². The summed E-state index contributed by atoms with van der Waals surface area (Å²) in [4.78, 5) is 25.7. The lowest BCUT2D eigenvalue weighted by atomic mass is 10.1. The zero-order valence-electron chi connectivity index (χ0n) is 16.5. The highest BCUT2D eigenvalue weighted by Gasteiger charge is 2.12. The van der Waals surface area contributed by atoms with Gasteiger partial charge in [-0.05, 0) is 67.4 Å². The van der Waals surface area contributed by atoms with Gasteiger partial charge in [-0.25, -0.2) is 0 Å². The molecule has 0 unspecified atom stereocenters. The topological polar surface area (TPSA) is 58.2 Å². The Kier molecular flexibility index (Phi) is 7.43. The number of benzene rings is 3. The van der Waals surface area contributed by atoms with E-state index in [9.17, 15) is 9.59 Å². The smallest absolute Gasteiger partial charge is 0.257 e. The Morgan fingerprint density at radius 2 is 1.70 bits per heavy atom. The van der Waals surface area contributed by atoms with Crippen LogP contribution in [0.4, 0.5) is 11.4 Å². The van der Waals surface area contributed by atoms with Crippen LogP contribution in [0.15, 0.2) is 65.6 Å². The molecule has 3 aromatic rings. The third-order valence-electron chi connectivity index (χ3n) is 4.52. The van der Waals surface area contributed by atoms with Crippen LogP contribution in [0.1, 0.15) is 21.5 Å². The molecule has 0 saturated carbocycles. The van der Waals surface area contributed by atoms with Gasteiger partial charge in [-0.1, -0.05) is 41.4 Å². The Balaban J connectivity index is 1.60. The summed E-state index contributed by atoms with van der Waals surface area (Å²) in [5.74, 6) is -0.157. The molecule has 154 valence electrons. The molecule has 0 aliphatic rings. The summed E-state index contributed by atoms with van der Waals surface area (Å²) < 4.78 is 0. The maximum Gasteiger partial charge on any atom is 0.257 e. The number of hydrogen-bond acceptors (Lipinski definition) is 3. The van der Waals surface area contributed by atoms with E-state index in [1.54, 1.807) is 18.2 Å². The zero-order valence-corrected chi connectivity index (χ0v) is 18.8. The van der Waals surface area contributed by atoms with Crippen molar-refractivity contribution in [1.29, 1.82) is 0 Å². The summed E-state index contributed by atoms with van der Waals surface area (Å²) in [5, 5.41) is 6.52. The lowest BCUT2D eigenvalue weighted by molar-refractivity contribution is -0.113. The lowest BCUT2D eigenvalue weighted by Crippen LogP contribution is -2.15. The van der Waals surface area contributed by atoms with Crippen molar-refractivity contribution in [2.75, 3.05) is 16.4 Å². The fourth-order valence-electron chi connectivity index (χ4n) is 2.76. The maximum atomic E-state index is 12.5. The molecule has 7 heteroatoms. The molecule has 0 spiro atoms. The summed E-state index contributed by atoms with van der Waals surface area (Å²) in [6.45, 7) is 3.99. The van der Waals surface area contributed by atoms with Gasteiger partial charge in [0, 0.05) is 21.3 Å². The number of rotatable bonds is 6. The second kappa shape index (κ2) is 10.0. The van der Waals surface area contributed by atoms with E-state index in [4.69, 9.17) is 23.2 Å². The average Bonchev–Trinajstić information content (AvgIpc) is 2.70. The molecule has 2 N–H and O–H groups in total. The van der Waals surface area contributed by atoms with E-state index < -0.39 is 0 Å². The van der Waals surface area contributed by atoms with Crippen molar-refractivity contribution in [2.45, 2.75) is 18.7 Å². The molecular formula is C23H20Cl2N2O2S. The first-order valence-electron chi connectivity index (χ1n) is 9.19. The van der Waals surface area contributed by atoms with Crippen molar-refractivity contribution in [1.82, 2.24) is 0 Å². The van der Waals surface area contributed by atoms with Gasteiger partial charge in [-0.2, -0.15) is 0 Å². The highest BCUT2D eigenvalue weighted by molar-refractivity contribution is 8.00. The summed E-state index contributed by atoms with van der Waals surface area (Å²) in [6, 6.07) is 17.9. The standard InChI is InChI=1S/C23H20Cl2N2O2S/c1-14-5-3-8-21(15(14)2)27-22(28)13-30-18-7-4-6-17(12-18)26-23(29)19-10-9-16(24)11-20(19)25/h3-12H,13H2,1-2H3,(H,26,29)(H,27,28). The van der Waals surface area contributed by atoms with Crippen LogP contribution >= 0.6 is 35.0 Å². The van der Waals surface area contributed by atoms with Gasteiger partial charge in [0.25, 0.3) is 5.91 Å². The van der Waals surface area contributed by atoms with Crippen LogP contribution in [0.5, 0.6) is 0 Å². The highest BCUT2D eigenvalue weighted by Crippen LogP contribution is 2.25. The van der Waals surface area contributed by atoms with Crippen LogP contribution in [-0.2, 0) is 4.79 Å². The zero-order chi connectivity index (χ0) is 21.7. The SMILES string of the molecule is Cc1cccc(NC(=O)CSc2cccc(NC(=O)c3ccc(Cl)cc3Cl)c2)c1C. The average molecular weight is 459 g/mol. The summed E-state index contributed by atoms with van der Waals surface area (Å²) in [7, 11) is 0. The van der Waals surface area contributed by atoms with Crippen molar-refractivity contribution < 1.29 is 9.59 Å². The third kappa shape index (κ3) is 5.79. The predicted octanol–water partition coefficient (Wildman–Crippen LogP) is 6.59. The van der Waals surface area contributed by atoms with Crippen LogP contribution in [-0.4, -0.2) is 17.6 Å². The van der Waals surface area contributed by atoms with Crippen LogP contribution in [0.25, 0.3) is 0 Å². The van der Waals surface area contributed by atoms with E-state index >= 15 is 0 Å². The molecule has 0 saturated heterocycles. The molecule has 0 atom stereocenters. The fraction of sp³-hybridized carbons (Fsp3) is 0.130. The molecule has 0 bridgehead atoms. The van der Waals surface area contributed by atoms with Gasteiger partial charge < -0.3 is 10.6 Å². The van der Waals surface area contributed by atoms with Crippen molar-refractivity contribution in [3.63, 3.8) is 0 Å². The Hall–Kier alpha value is -2.47. The van der Waals surface area contributed by atoms with Crippen molar-refractivity contribution in [3.05, 3.63) is 87.4 Å². The Bertz CT molecular complexity index is 1100. The minimum Gasteiger partial charge on any atom is -0.325 e. The molecule has 4 nitrogen and oxygen atoms in total. The summed E-state index contributed by atoms with van der Waals surface area (Å²) in [5.41, 5.74) is 3.96. The van der Waals surface area contributed by atoms with Gasteiger partial charge in [-0.3, -0.25) is 9.59 Å². The first-order valence-corrected chi connectivity index (χ1v) is 10.9. The predicted molar refractivity (Wildman–Crippen MR) is 126 cm³/mol. The Labute approximate surface area is 190 Å². The van der Waals surface area contributed by atoms with Crippen molar-refractivity contribution in [2.24, 2.45) is 0 Å². The van der Waals surface area contributed by atoms with E-state index in [0.717, 1.165) is 21.7 Å². The quantitative estimate of drug-likeness (QED) is 0.409. The number of amides is 2. The molecular weight excluding hydrogens is 439 g/mol. The van der Waals surface area contributed by atoms with E-state index in [1.807, 2.05) is 50.2 Å². The summed E-state index contributed by atoms with van der Waals surface area (Å²) in [6.07, 6.45) is 0. The van der Waals surface area contributed by atoms with E-state index in [-0.39, 0.29) is 22.6 Å². The maximum absolute atomic E-state index is 12.5. The molecule has 0 aromatic heterocycles. The molecule has 0 heterocycles. The fourth-order valence-corrected chi connectivity index (χ4v) is 4.01. The van der Waals surface area contributed by atoms with Gasteiger partial charge in [-0.15, -0.1) is 11.8 Å². The highest BCUT2D eigenvalue weighted by atomic mass is 35.5. The molecule has 30 heavy (non-hydrogen) atoms. The molecule has 0 aliphatic carbocycles. The van der Waals surface area contributed by atoms with Crippen molar-refractivity contribution >= 4 is 58.2 Å². The number of thioether (sulfide) groups is 1. The van der Waals surface area contributed by atoms with Gasteiger partial charge in [0.1, 0.15) is 0 Å². The largest absolute Gasteiger partial charge is 0.325 e. The third-order valence-corrected chi connectivity index (χ3v) is 6.06. The van der Waals surface area contributed by atoms with Gasteiger partial charge >= 0.3 is 0 Å².